The van der Waals surface area contributed by atoms with E-state index in [1.807, 2.05) is 76.2 Å². The van der Waals surface area contributed by atoms with Crippen molar-refractivity contribution in [1.82, 2.24) is 15.5 Å². The second-order valence-corrected chi connectivity index (χ2v) is 11.5. The first-order chi connectivity index (χ1) is 16.7. The largest absolute Gasteiger partial charge is 0.497 e. The first-order valence-corrected chi connectivity index (χ1v) is 12.9. The molecule has 0 saturated carbocycles. The van der Waals surface area contributed by atoms with E-state index in [0.717, 1.165) is 23.3 Å². The molecule has 7 nitrogen and oxygen atoms in total. The molecule has 0 aliphatic carbocycles. The van der Waals surface area contributed by atoms with Crippen LogP contribution in [0.5, 0.6) is 5.75 Å². The number of carbonyl (C=O) groups is 3. The van der Waals surface area contributed by atoms with Crippen molar-refractivity contribution in [2.45, 2.75) is 62.9 Å². The fourth-order valence-corrected chi connectivity index (χ4v) is 6.41. The van der Waals surface area contributed by atoms with Gasteiger partial charge in [-0.3, -0.25) is 14.4 Å². The van der Waals surface area contributed by atoms with E-state index in [2.05, 4.69) is 10.6 Å². The molecule has 2 N–H and O–H groups in total. The fraction of sp³-hybridized carbons (Fsp3) is 0.444. The summed E-state index contributed by atoms with van der Waals surface area (Å²) in [5.41, 5.74) is 2.50. The van der Waals surface area contributed by atoms with Crippen molar-refractivity contribution in [3.63, 3.8) is 0 Å². The second kappa shape index (κ2) is 9.93. The summed E-state index contributed by atoms with van der Waals surface area (Å²) < 4.78 is 4.75. The van der Waals surface area contributed by atoms with Crippen LogP contribution < -0.4 is 15.4 Å². The Morgan fingerprint density at radius 1 is 1.17 bits per heavy atom. The van der Waals surface area contributed by atoms with Crippen LogP contribution >= 0.6 is 11.8 Å². The number of ether oxygens (including phenoxy) is 1. The van der Waals surface area contributed by atoms with Crippen molar-refractivity contribution in [2.24, 2.45) is 5.92 Å². The number of nitrogens with zero attached hydrogens (tertiary/aromatic N) is 1. The van der Waals surface area contributed by atoms with Gasteiger partial charge in [-0.15, -0.1) is 11.8 Å². The number of fused-ring (bicyclic) bond motifs is 3. The zero-order chi connectivity index (χ0) is 25.3. The summed E-state index contributed by atoms with van der Waals surface area (Å²) in [6.45, 7) is 8.23. The molecule has 0 bridgehead atoms. The average Bonchev–Trinajstić information content (AvgIpc) is 3.29. The Morgan fingerprint density at radius 3 is 2.63 bits per heavy atom. The number of hydrogen-bond donors (Lipinski definition) is 2. The summed E-state index contributed by atoms with van der Waals surface area (Å²) in [7, 11) is 1.60. The van der Waals surface area contributed by atoms with Gasteiger partial charge in [-0.1, -0.05) is 50.6 Å². The van der Waals surface area contributed by atoms with Gasteiger partial charge in [0.15, 0.2) is 0 Å². The van der Waals surface area contributed by atoms with Gasteiger partial charge in [0.25, 0.3) is 5.91 Å². The summed E-state index contributed by atoms with van der Waals surface area (Å²) in [4.78, 5) is 41.8. The minimum absolute atomic E-state index is 0.0799. The summed E-state index contributed by atoms with van der Waals surface area (Å²) in [5.74, 6) is -0.0371. The number of rotatable bonds is 8. The van der Waals surface area contributed by atoms with Crippen LogP contribution in [0.4, 0.5) is 0 Å². The van der Waals surface area contributed by atoms with Gasteiger partial charge < -0.3 is 20.3 Å². The number of carbonyl (C=O) groups excluding carboxylic acids is 3. The molecule has 2 aliphatic heterocycles. The van der Waals surface area contributed by atoms with Crippen molar-refractivity contribution in [3.05, 3.63) is 65.2 Å². The van der Waals surface area contributed by atoms with Crippen LogP contribution in [0.15, 0.2) is 48.5 Å². The highest BCUT2D eigenvalue weighted by Gasteiger charge is 2.57. The maximum atomic E-state index is 13.7. The highest BCUT2D eigenvalue weighted by molar-refractivity contribution is 8.01. The number of methoxy groups -OCH3 is 1. The van der Waals surface area contributed by atoms with E-state index < -0.39 is 16.8 Å². The summed E-state index contributed by atoms with van der Waals surface area (Å²) in [5, 5.41) is 5.76. The van der Waals surface area contributed by atoms with Crippen LogP contribution in [0, 0.1) is 5.92 Å². The van der Waals surface area contributed by atoms with Crippen molar-refractivity contribution in [3.8, 4) is 5.75 Å². The predicted octanol–water partition coefficient (Wildman–Crippen LogP) is 3.89. The molecule has 4 rings (SSSR count). The summed E-state index contributed by atoms with van der Waals surface area (Å²) in [6.07, 6.45) is 0.719. The average molecular weight is 496 g/mol. The highest BCUT2D eigenvalue weighted by atomic mass is 32.2. The molecule has 2 aromatic carbocycles. The van der Waals surface area contributed by atoms with Crippen molar-refractivity contribution in [1.29, 1.82) is 0 Å². The van der Waals surface area contributed by atoms with E-state index in [9.17, 15) is 14.4 Å². The minimum atomic E-state index is -0.710. The Labute approximate surface area is 211 Å². The zero-order valence-electron chi connectivity index (χ0n) is 20.8. The van der Waals surface area contributed by atoms with E-state index in [1.54, 1.807) is 23.8 Å². The molecule has 35 heavy (non-hydrogen) atoms. The monoisotopic (exact) mass is 495 g/mol. The van der Waals surface area contributed by atoms with Crippen molar-refractivity contribution >= 4 is 29.5 Å². The Hall–Kier alpha value is -3.00. The van der Waals surface area contributed by atoms with Gasteiger partial charge in [0.2, 0.25) is 11.8 Å². The Balaban J connectivity index is 1.51. The van der Waals surface area contributed by atoms with E-state index >= 15 is 0 Å². The quantitative estimate of drug-likeness (QED) is 0.580. The Kier molecular flexibility index (Phi) is 7.12. The molecule has 2 aliphatic rings. The number of hydrogen-bond acceptors (Lipinski definition) is 5. The van der Waals surface area contributed by atoms with Crippen LogP contribution in [-0.4, -0.2) is 46.6 Å². The highest BCUT2D eigenvalue weighted by Crippen LogP contribution is 2.56. The van der Waals surface area contributed by atoms with E-state index in [0.29, 0.717) is 12.1 Å². The Morgan fingerprint density at radius 2 is 1.91 bits per heavy atom. The first-order valence-electron chi connectivity index (χ1n) is 12.0. The fourth-order valence-electron chi connectivity index (χ4n) is 4.82. The van der Waals surface area contributed by atoms with Gasteiger partial charge in [0.05, 0.1) is 7.11 Å². The third-order valence-electron chi connectivity index (χ3n) is 6.94. The first kappa shape index (κ1) is 25.1. The molecule has 2 heterocycles. The number of nitrogens with one attached hydrogen (secondary N) is 2. The van der Waals surface area contributed by atoms with Gasteiger partial charge in [-0.05, 0) is 49.1 Å². The predicted molar refractivity (Wildman–Crippen MR) is 137 cm³/mol. The van der Waals surface area contributed by atoms with Gasteiger partial charge in [0.1, 0.15) is 23.2 Å². The van der Waals surface area contributed by atoms with Crippen molar-refractivity contribution in [2.75, 3.05) is 7.11 Å². The molecule has 186 valence electrons. The molecule has 3 amide bonds. The Bertz CT molecular complexity index is 1130. The van der Waals surface area contributed by atoms with Gasteiger partial charge in [-0.2, -0.15) is 0 Å². The molecule has 0 spiro atoms. The molecular weight excluding hydrogens is 462 g/mol. The lowest BCUT2D eigenvalue weighted by Gasteiger charge is -2.32. The third kappa shape index (κ3) is 4.76. The smallest absolute Gasteiger partial charge is 0.256 e. The molecule has 8 heteroatoms. The standard InChI is InChI=1S/C27H33N3O4S/c1-6-16(2)21(23(31)28-15-17-10-9-11-18(14-17)34-5)29-24(32)22-27(3,4)35-26-20-13-8-7-12-19(20)25(33)30(22)26/h7-14,16,21-22,26H,6,15H2,1-5H3,(H,28,31)(H,29,32)/t16-,21-,22+,26+/m0/s1. The topological polar surface area (TPSA) is 87.7 Å². The van der Waals surface area contributed by atoms with Crippen LogP contribution in [0.1, 0.15) is 61.0 Å². The van der Waals surface area contributed by atoms with E-state index in [-0.39, 0.29) is 29.0 Å². The van der Waals surface area contributed by atoms with Gasteiger partial charge in [-0.25, -0.2) is 0 Å². The molecule has 4 atom stereocenters. The van der Waals surface area contributed by atoms with E-state index in [4.69, 9.17) is 4.74 Å². The van der Waals surface area contributed by atoms with Crippen molar-refractivity contribution < 1.29 is 19.1 Å². The molecular formula is C27H33N3O4S. The van der Waals surface area contributed by atoms with Crippen LogP contribution in [0.25, 0.3) is 0 Å². The molecule has 0 unspecified atom stereocenters. The lowest BCUT2D eigenvalue weighted by molar-refractivity contribution is -0.133. The summed E-state index contributed by atoms with van der Waals surface area (Å²) in [6, 6.07) is 13.6. The lowest BCUT2D eigenvalue weighted by Crippen LogP contribution is -2.58. The molecule has 1 fully saturated rings. The molecule has 1 saturated heterocycles. The van der Waals surface area contributed by atoms with E-state index in [1.165, 1.54) is 0 Å². The minimum Gasteiger partial charge on any atom is -0.497 e. The maximum Gasteiger partial charge on any atom is 0.256 e. The molecule has 0 aromatic heterocycles. The maximum absolute atomic E-state index is 13.7. The van der Waals surface area contributed by atoms with Gasteiger partial charge in [0, 0.05) is 16.9 Å². The second-order valence-electron chi connectivity index (χ2n) is 9.72. The van der Waals surface area contributed by atoms with Crippen LogP contribution in [0.3, 0.4) is 0 Å². The SMILES string of the molecule is CC[C@H](C)[C@H](NC(=O)[C@H]1N2C(=O)c3ccccc3[C@H]2SC1(C)C)C(=O)NCc1cccc(OC)c1. The number of thioether (sulfide) groups is 1. The molecule has 2 aromatic rings. The normalized spacial score (nSPS) is 21.6. The van der Waals surface area contributed by atoms with Crippen LogP contribution in [0.2, 0.25) is 0 Å². The lowest BCUT2D eigenvalue weighted by atomic mass is 9.95. The third-order valence-corrected chi connectivity index (χ3v) is 8.47. The summed E-state index contributed by atoms with van der Waals surface area (Å²) >= 11 is 1.61. The molecule has 0 radical (unpaired) electrons. The number of amides is 3. The van der Waals surface area contributed by atoms with Gasteiger partial charge >= 0.3 is 0 Å². The zero-order valence-corrected chi connectivity index (χ0v) is 21.6. The van der Waals surface area contributed by atoms with Crippen LogP contribution in [-0.2, 0) is 16.1 Å². The number of benzene rings is 2.